The van der Waals surface area contributed by atoms with Crippen LogP contribution in [0.25, 0.3) is 0 Å². The van der Waals surface area contributed by atoms with E-state index in [4.69, 9.17) is 9.47 Å². The molecule has 35 heavy (non-hydrogen) atoms. The molecule has 3 aliphatic rings. The summed E-state index contributed by atoms with van der Waals surface area (Å²) in [6.45, 7) is 1.94. The van der Waals surface area contributed by atoms with Gasteiger partial charge in [0, 0.05) is 25.8 Å². The van der Waals surface area contributed by atoms with Gasteiger partial charge in [-0.3, -0.25) is 14.6 Å². The molecule has 1 aromatic carbocycles. The normalized spacial score (nSPS) is 22.8. The Hall–Kier alpha value is -2.93. The number of hydrogen-bond acceptors (Lipinski definition) is 5. The van der Waals surface area contributed by atoms with Crippen LogP contribution in [0.4, 0.5) is 0 Å². The number of piperidine rings is 1. The van der Waals surface area contributed by atoms with Gasteiger partial charge in [0.1, 0.15) is 11.4 Å². The fraction of sp³-hybridized carbons (Fsp3) is 0.536. The van der Waals surface area contributed by atoms with Crippen molar-refractivity contribution in [2.24, 2.45) is 0 Å². The van der Waals surface area contributed by atoms with Crippen LogP contribution in [0.2, 0.25) is 0 Å². The average Bonchev–Trinajstić information content (AvgIpc) is 3.56. The van der Waals surface area contributed by atoms with Crippen LogP contribution in [0.3, 0.4) is 0 Å². The molecule has 1 atom stereocenters. The largest absolute Gasteiger partial charge is 0.497 e. The van der Waals surface area contributed by atoms with E-state index in [2.05, 4.69) is 27.3 Å². The van der Waals surface area contributed by atoms with Crippen LogP contribution < -0.4 is 10.1 Å². The molecule has 1 N–H and O–H groups in total. The SMILES string of the molecule is COc1ccc(C2(C(=O)N3CCC4(CCC(CNC(=O)c5ccccn5)O4)CC3)CCCC2)cc1. The molecule has 3 heterocycles. The van der Waals surface area contributed by atoms with Crippen molar-refractivity contribution in [1.29, 1.82) is 0 Å². The molecule has 0 radical (unpaired) electrons. The number of rotatable bonds is 6. The third-order valence-corrected chi connectivity index (χ3v) is 8.20. The van der Waals surface area contributed by atoms with Crippen LogP contribution in [0, 0.1) is 0 Å². The van der Waals surface area contributed by atoms with Gasteiger partial charge in [-0.2, -0.15) is 0 Å². The van der Waals surface area contributed by atoms with E-state index in [1.807, 2.05) is 18.2 Å². The third kappa shape index (κ3) is 4.79. The van der Waals surface area contributed by atoms with Gasteiger partial charge < -0.3 is 19.7 Å². The fourth-order valence-corrected chi connectivity index (χ4v) is 6.14. The molecule has 3 fully saturated rings. The van der Waals surface area contributed by atoms with E-state index in [0.717, 1.165) is 75.8 Å². The smallest absolute Gasteiger partial charge is 0.269 e. The Morgan fingerprint density at radius 1 is 1.06 bits per heavy atom. The highest BCUT2D eigenvalue weighted by molar-refractivity contribution is 5.92. The zero-order valence-electron chi connectivity index (χ0n) is 20.5. The van der Waals surface area contributed by atoms with Gasteiger partial charge in [0.25, 0.3) is 5.91 Å². The van der Waals surface area contributed by atoms with Crippen LogP contribution in [-0.2, 0) is 14.9 Å². The highest BCUT2D eigenvalue weighted by Gasteiger charge is 2.48. The summed E-state index contributed by atoms with van der Waals surface area (Å²) in [5.41, 5.74) is 0.942. The van der Waals surface area contributed by atoms with Crippen molar-refractivity contribution >= 4 is 11.8 Å². The molecule has 1 aliphatic carbocycles. The van der Waals surface area contributed by atoms with Gasteiger partial charge in [-0.15, -0.1) is 0 Å². The molecule has 7 nitrogen and oxygen atoms in total. The lowest BCUT2D eigenvalue weighted by Gasteiger charge is -2.42. The third-order valence-electron chi connectivity index (χ3n) is 8.20. The number of amides is 2. The standard InChI is InChI=1S/C28H35N3O4/c1-34-22-9-7-21(8-10-22)28(12-3-4-13-28)26(33)31-18-15-27(16-19-31)14-11-23(35-27)20-30-25(32)24-6-2-5-17-29-24/h2,5-10,17,23H,3-4,11-16,18-20H2,1H3,(H,30,32). The van der Waals surface area contributed by atoms with Crippen molar-refractivity contribution in [2.75, 3.05) is 26.7 Å². The fourth-order valence-electron chi connectivity index (χ4n) is 6.14. The first kappa shape index (κ1) is 23.8. The Morgan fingerprint density at radius 3 is 2.46 bits per heavy atom. The number of aromatic nitrogens is 1. The lowest BCUT2D eigenvalue weighted by Crippen LogP contribution is -2.52. The number of nitrogens with zero attached hydrogens (tertiary/aromatic N) is 2. The first-order valence-corrected chi connectivity index (χ1v) is 12.8. The van der Waals surface area contributed by atoms with Gasteiger partial charge in [-0.05, 0) is 68.4 Å². The van der Waals surface area contributed by atoms with Crippen molar-refractivity contribution in [3.8, 4) is 5.75 Å². The molecular formula is C28H35N3O4. The number of methoxy groups -OCH3 is 1. The number of carbonyl (C=O) groups is 2. The summed E-state index contributed by atoms with van der Waals surface area (Å²) in [5.74, 6) is 0.918. The maximum atomic E-state index is 13.9. The second-order valence-corrected chi connectivity index (χ2v) is 10.2. The van der Waals surface area contributed by atoms with Gasteiger partial charge in [0.05, 0.1) is 24.2 Å². The molecule has 186 valence electrons. The molecular weight excluding hydrogens is 442 g/mol. The summed E-state index contributed by atoms with van der Waals surface area (Å²) >= 11 is 0. The Kier molecular flexibility index (Phi) is 6.78. The Balaban J connectivity index is 1.17. The first-order valence-electron chi connectivity index (χ1n) is 12.8. The molecule has 2 saturated heterocycles. The van der Waals surface area contributed by atoms with Crippen molar-refractivity contribution in [3.05, 3.63) is 59.9 Å². The van der Waals surface area contributed by atoms with Crippen LogP contribution >= 0.6 is 0 Å². The monoisotopic (exact) mass is 477 g/mol. The summed E-state index contributed by atoms with van der Waals surface area (Å²) in [6.07, 6.45) is 9.22. The van der Waals surface area contributed by atoms with Gasteiger partial charge in [-0.25, -0.2) is 0 Å². The molecule has 0 bridgehead atoms. The number of ether oxygens (including phenoxy) is 2. The highest BCUT2D eigenvalue weighted by atomic mass is 16.5. The minimum absolute atomic E-state index is 0.00499. The second-order valence-electron chi connectivity index (χ2n) is 10.2. The topological polar surface area (TPSA) is 80.8 Å². The number of nitrogens with one attached hydrogen (secondary N) is 1. The van der Waals surface area contributed by atoms with Crippen molar-refractivity contribution in [3.63, 3.8) is 0 Å². The molecule has 7 heteroatoms. The first-order chi connectivity index (χ1) is 17.0. The van der Waals surface area contributed by atoms with Crippen molar-refractivity contribution in [2.45, 2.75) is 68.5 Å². The zero-order chi connectivity index (χ0) is 24.3. The number of hydrogen-bond donors (Lipinski definition) is 1. The molecule has 1 spiro atoms. The lowest BCUT2D eigenvalue weighted by atomic mass is 9.76. The van der Waals surface area contributed by atoms with E-state index >= 15 is 0 Å². The van der Waals surface area contributed by atoms with Crippen LogP contribution in [-0.4, -0.2) is 60.1 Å². The lowest BCUT2D eigenvalue weighted by molar-refractivity contribution is -0.143. The number of pyridine rings is 1. The Bertz CT molecular complexity index is 1030. The summed E-state index contributed by atoms with van der Waals surface area (Å²) in [6, 6.07) is 13.4. The van der Waals surface area contributed by atoms with Crippen LogP contribution in [0.5, 0.6) is 5.75 Å². The van der Waals surface area contributed by atoms with E-state index in [1.165, 1.54) is 0 Å². The van der Waals surface area contributed by atoms with E-state index in [1.54, 1.807) is 25.4 Å². The number of likely N-dealkylation sites (tertiary alicyclic amines) is 1. The summed E-state index contributed by atoms with van der Waals surface area (Å²) in [5, 5.41) is 2.96. The van der Waals surface area contributed by atoms with Crippen molar-refractivity contribution < 1.29 is 19.1 Å². The van der Waals surface area contributed by atoms with E-state index < -0.39 is 5.41 Å². The number of benzene rings is 1. The maximum absolute atomic E-state index is 13.9. The maximum Gasteiger partial charge on any atom is 0.269 e. The van der Waals surface area contributed by atoms with Gasteiger partial charge in [0.15, 0.2) is 0 Å². The Labute approximate surface area is 207 Å². The molecule has 5 rings (SSSR count). The molecule has 1 aromatic heterocycles. The molecule has 2 amide bonds. The van der Waals surface area contributed by atoms with E-state index in [-0.39, 0.29) is 23.5 Å². The van der Waals surface area contributed by atoms with Gasteiger partial charge in [0.2, 0.25) is 5.91 Å². The summed E-state index contributed by atoms with van der Waals surface area (Å²) in [4.78, 5) is 32.3. The molecule has 2 aliphatic heterocycles. The van der Waals surface area contributed by atoms with Gasteiger partial charge >= 0.3 is 0 Å². The summed E-state index contributed by atoms with van der Waals surface area (Å²) in [7, 11) is 1.67. The van der Waals surface area contributed by atoms with Crippen molar-refractivity contribution in [1.82, 2.24) is 15.2 Å². The quantitative estimate of drug-likeness (QED) is 0.683. The number of carbonyl (C=O) groups excluding carboxylic acids is 2. The molecule has 1 unspecified atom stereocenters. The minimum Gasteiger partial charge on any atom is -0.497 e. The van der Waals surface area contributed by atoms with E-state index in [9.17, 15) is 9.59 Å². The Morgan fingerprint density at radius 2 is 1.80 bits per heavy atom. The molecule has 1 saturated carbocycles. The van der Waals surface area contributed by atoms with Crippen LogP contribution in [0.15, 0.2) is 48.7 Å². The average molecular weight is 478 g/mol. The van der Waals surface area contributed by atoms with Crippen LogP contribution in [0.1, 0.15) is 67.4 Å². The summed E-state index contributed by atoms with van der Waals surface area (Å²) < 4.78 is 11.8. The van der Waals surface area contributed by atoms with Gasteiger partial charge in [-0.1, -0.05) is 31.0 Å². The predicted octanol–water partition coefficient (Wildman–Crippen LogP) is 3.87. The second kappa shape index (κ2) is 9.97. The molecule has 2 aromatic rings. The zero-order valence-corrected chi connectivity index (χ0v) is 20.5. The predicted molar refractivity (Wildman–Crippen MR) is 132 cm³/mol. The van der Waals surface area contributed by atoms with E-state index in [0.29, 0.717) is 12.2 Å². The minimum atomic E-state index is -0.411. The highest BCUT2D eigenvalue weighted by Crippen LogP contribution is 2.45.